The molecule has 0 unspecified atom stereocenters. The molecule has 5 nitrogen and oxygen atoms in total. The number of carbonyl (C=O) groups is 1. The summed E-state index contributed by atoms with van der Waals surface area (Å²) in [6, 6.07) is 1.79. The molecule has 1 amide bonds. The Labute approximate surface area is 101 Å². The van der Waals surface area contributed by atoms with E-state index in [1.165, 1.54) is 7.11 Å². The first-order chi connectivity index (χ1) is 7.83. The molecule has 1 aromatic rings. The summed E-state index contributed by atoms with van der Waals surface area (Å²) < 4.78 is 10.2. The van der Waals surface area contributed by atoms with Gasteiger partial charge < -0.3 is 9.47 Å². The summed E-state index contributed by atoms with van der Waals surface area (Å²) in [4.78, 5) is 15.6. The topological polar surface area (TPSA) is 60.5 Å². The van der Waals surface area contributed by atoms with Crippen LogP contribution in [-0.2, 0) is 4.74 Å². The number of rotatable bonds is 2. The summed E-state index contributed by atoms with van der Waals surface area (Å²) in [7, 11) is 1.50. The Morgan fingerprint density at radius 3 is 2.59 bits per heavy atom. The van der Waals surface area contributed by atoms with Crippen LogP contribution in [0.4, 0.5) is 10.5 Å². The number of aromatic nitrogens is 1. The number of aryl methyl sites for hydroxylation is 1. The molecule has 0 saturated carbocycles. The van der Waals surface area contributed by atoms with Gasteiger partial charge in [-0.15, -0.1) is 0 Å². The molecule has 0 bridgehead atoms. The van der Waals surface area contributed by atoms with E-state index in [2.05, 4.69) is 10.3 Å². The lowest BCUT2D eigenvalue weighted by molar-refractivity contribution is 0.0635. The first kappa shape index (κ1) is 13.3. The summed E-state index contributed by atoms with van der Waals surface area (Å²) in [6.07, 6.45) is 1.10. The number of nitrogens with one attached hydrogen (secondary N) is 1. The zero-order valence-electron chi connectivity index (χ0n) is 10.8. The third kappa shape index (κ3) is 3.94. The predicted molar refractivity (Wildman–Crippen MR) is 65.4 cm³/mol. The van der Waals surface area contributed by atoms with Gasteiger partial charge in [0, 0.05) is 6.20 Å². The highest BCUT2D eigenvalue weighted by atomic mass is 16.6. The summed E-state index contributed by atoms with van der Waals surface area (Å²) in [6.45, 7) is 7.27. The van der Waals surface area contributed by atoms with Crippen molar-refractivity contribution in [3.63, 3.8) is 0 Å². The minimum atomic E-state index is -0.534. The average molecular weight is 238 g/mol. The maximum absolute atomic E-state index is 11.6. The number of nitrogens with zero attached hydrogens (tertiary/aromatic N) is 1. The van der Waals surface area contributed by atoms with Gasteiger partial charge in [0.25, 0.3) is 0 Å². The second-order valence-corrected chi connectivity index (χ2v) is 4.64. The van der Waals surface area contributed by atoms with Gasteiger partial charge in [0.05, 0.1) is 7.11 Å². The van der Waals surface area contributed by atoms with E-state index in [0.717, 1.165) is 5.56 Å². The van der Waals surface area contributed by atoms with E-state index in [0.29, 0.717) is 11.6 Å². The molecule has 1 rings (SSSR count). The van der Waals surface area contributed by atoms with Crippen molar-refractivity contribution in [2.24, 2.45) is 0 Å². The Morgan fingerprint density at radius 2 is 2.06 bits per heavy atom. The smallest absolute Gasteiger partial charge is 0.412 e. The Balaban J connectivity index is 2.84. The third-order valence-electron chi connectivity index (χ3n) is 1.94. The van der Waals surface area contributed by atoms with Crippen molar-refractivity contribution in [1.82, 2.24) is 4.98 Å². The molecule has 0 atom stereocenters. The van der Waals surface area contributed by atoms with Gasteiger partial charge >= 0.3 is 6.09 Å². The Bertz CT molecular complexity index is 411. The van der Waals surface area contributed by atoms with Crippen LogP contribution in [0, 0.1) is 6.92 Å². The molecular weight excluding hydrogens is 220 g/mol. The van der Waals surface area contributed by atoms with Crippen molar-refractivity contribution in [2.45, 2.75) is 33.3 Å². The number of hydrogen-bond acceptors (Lipinski definition) is 4. The fourth-order valence-electron chi connectivity index (χ4n) is 1.25. The predicted octanol–water partition coefficient (Wildman–Crippen LogP) is 2.75. The fraction of sp³-hybridized carbons (Fsp3) is 0.500. The second kappa shape index (κ2) is 5.03. The lowest BCUT2D eigenvalue weighted by atomic mass is 10.2. The number of methoxy groups -OCH3 is 1. The number of pyridine rings is 1. The van der Waals surface area contributed by atoms with Gasteiger partial charge in [-0.3, -0.25) is 5.32 Å². The van der Waals surface area contributed by atoms with Crippen LogP contribution in [-0.4, -0.2) is 23.8 Å². The van der Waals surface area contributed by atoms with E-state index in [9.17, 15) is 4.79 Å². The molecule has 0 spiro atoms. The standard InChI is InChI=1S/C12H18N2O3/c1-8-6-7-13-10(16-5)9(8)14-11(15)17-12(2,3)4/h6-7H,1-5H3,(H,14,15). The van der Waals surface area contributed by atoms with Crippen LogP contribution >= 0.6 is 0 Å². The van der Waals surface area contributed by atoms with Gasteiger partial charge in [0.15, 0.2) is 0 Å². The first-order valence-corrected chi connectivity index (χ1v) is 5.33. The molecular formula is C12H18N2O3. The highest BCUT2D eigenvalue weighted by Crippen LogP contribution is 2.25. The van der Waals surface area contributed by atoms with Gasteiger partial charge in [-0.05, 0) is 39.3 Å². The summed E-state index contributed by atoms with van der Waals surface area (Å²) in [5, 5.41) is 2.64. The van der Waals surface area contributed by atoms with Crippen LogP contribution < -0.4 is 10.1 Å². The molecule has 0 fully saturated rings. The minimum absolute atomic E-state index is 0.371. The Kier molecular flexibility index (Phi) is 3.93. The zero-order chi connectivity index (χ0) is 13.1. The van der Waals surface area contributed by atoms with Gasteiger partial charge in [-0.2, -0.15) is 0 Å². The van der Waals surface area contributed by atoms with E-state index in [1.807, 2.05) is 6.92 Å². The fourth-order valence-corrected chi connectivity index (χ4v) is 1.25. The summed E-state index contributed by atoms with van der Waals surface area (Å²) >= 11 is 0. The SMILES string of the molecule is COc1nccc(C)c1NC(=O)OC(C)(C)C. The largest absolute Gasteiger partial charge is 0.480 e. The maximum atomic E-state index is 11.6. The normalized spacial score (nSPS) is 10.9. The molecule has 0 aliphatic carbocycles. The van der Waals surface area contributed by atoms with Crippen molar-refractivity contribution in [1.29, 1.82) is 0 Å². The summed E-state index contributed by atoms with van der Waals surface area (Å²) in [5.74, 6) is 0.371. The zero-order valence-corrected chi connectivity index (χ0v) is 10.8. The molecule has 0 radical (unpaired) electrons. The van der Waals surface area contributed by atoms with Crippen molar-refractivity contribution in [2.75, 3.05) is 12.4 Å². The van der Waals surface area contributed by atoms with E-state index in [-0.39, 0.29) is 0 Å². The molecule has 1 N–H and O–H groups in total. The lowest BCUT2D eigenvalue weighted by Crippen LogP contribution is -2.27. The minimum Gasteiger partial charge on any atom is -0.480 e. The molecule has 17 heavy (non-hydrogen) atoms. The number of amides is 1. The van der Waals surface area contributed by atoms with Gasteiger partial charge in [0.2, 0.25) is 5.88 Å². The number of carbonyl (C=O) groups excluding carboxylic acids is 1. The van der Waals surface area contributed by atoms with Crippen LogP contribution in [0.1, 0.15) is 26.3 Å². The van der Waals surface area contributed by atoms with E-state index in [4.69, 9.17) is 9.47 Å². The third-order valence-corrected chi connectivity index (χ3v) is 1.94. The lowest BCUT2D eigenvalue weighted by Gasteiger charge is -2.20. The molecule has 5 heteroatoms. The average Bonchev–Trinajstić information content (AvgIpc) is 2.18. The molecule has 94 valence electrons. The summed E-state index contributed by atoms with van der Waals surface area (Å²) in [5.41, 5.74) is 0.861. The number of anilines is 1. The highest BCUT2D eigenvalue weighted by Gasteiger charge is 2.18. The van der Waals surface area contributed by atoms with Crippen LogP contribution in [0.5, 0.6) is 5.88 Å². The molecule has 0 aliphatic heterocycles. The van der Waals surface area contributed by atoms with Crippen molar-refractivity contribution in [3.05, 3.63) is 17.8 Å². The molecule has 1 aromatic heterocycles. The van der Waals surface area contributed by atoms with Gasteiger partial charge in [0.1, 0.15) is 11.3 Å². The Hall–Kier alpha value is -1.78. The molecule has 0 aliphatic rings. The number of hydrogen-bond donors (Lipinski definition) is 1. The molecule has 1 heterocycles. The second-order valence-electron chi connectivity index (χ2n) is 4.64. The monoisotopic (exact) mass is 238 g/mol. The van der Waals surface area contributed by atoms with Crippen LogP contribution in [0.15, 0.2) is 12.3 Å². The molecule has 0 saturated heterocycles. The van der Waals surface area contributed by atoms with Gasteiger partial charge in [-0.25, -0.2) is 9.78 Å². The van der Waals surface area contributed by atoms with Crippen LogP contribution in [0.3, 0.4) is 0 Å². The highest BCUT2D eigenvalue weighted by molar-refractivity contribution is 5.87. The van der Waals surface area contributed by atoms with Crippen LogP contribution in [0.25, 0.3) is 0 Å². The number of ether oxygens (including phenoxy) is 2. The quantitative estimate of drug-likeness (QED) is 0.860. The van der Waals surface area contributed by atoms with Gasteiger partial charge in [-0.1, -0.05) is 0 Å². The Morgan fingerprint density at radius 1 is 1.41 bits per heavy atom. The van der Waals surface area contributed by atoms with E-state index >= 15 is 0 Å². The van der Waals surface area contributed by atoms with E-state index in [1.54, 1.807) is 33.0 Å². The van der Waals surface area contributed by atoms with Crippen molar-refractivity contribution < 1.29 is 14.3 Å². The van der Waals surface area contributed by atoms with Crippen LogP contribution in [0.2, 0.25) is 0 Å². The first-order valence-electron chi connectivity index (χ1n) is 5.33. The van der Waals surface area contributed by atoms with E-state index < -0.39 is 11.7 Å². The van der Waals surface area contributed by atoms with Crippen molar-refractivity contribution >= 4 is 11.8 Å². The maximum Gasteiger partial charge on any atom is 0.412 e. The molecule has 0 aromatic carbocycles. The van der Waals surface area contributed by atoms with Crippen molar-refractivity contribution in [3.8, 4) is 5.88 Å².